The van der Waals surface area contributed by atoms with Crippen LogP contribution in [-0.2, 0) is 10.8 Å². The van der Waals surface area contributed by atoms with Crippen molar-refractivity contribution in [1.82, 2.24) is 0 Å². The number of hydrogen-bond donors (Lipinski definition) is 1. The fourth-order valence-electron chi connectivity index (χ4n) is 3.21. The van der Waals surface area contributed by atoms with Gasteiger partial charge in [-0.3, -0.25) is 4.21 Å². The van der Waals surface area contributed by atoms with Crippen LogP contribution in [0.1, 0.15) is 66.7 Å². The molecular formula is C16H33NOS. The number of hydrogen-bond acceptors (Lipinski definition) is 2. The Kier molecular flexibility index (Phi) is 6.52. The maximum Gasteiger partial charge on any atom is 0.0393 e. The van der Waals surface area contributed by atoms with Gasteiger partial charge in [-0.2, -0.15) is 0 Å². The normalized spacial score (nSPS) is 32.0. The minimum atomic E-state index is -0.719. The number of nitrogens with two attached hydrogens (primary N) is 1. The minimum absolute atomic E-state index is 0.308. The average molecular weight is 288 g/mol. The second-order valence-electron chi connectivity index (χ2n) is 6.93. The third-order valence-electron chi connectivity index (χ3n) is 5.52. The predicted octanol–water partition coefficient (Wildman–Crippen LogP) is 3.71. The summed E-state index contributed by atoms with van der Waals surface area (Å²) in [5, 5.41) is 0.632. The third-order valence-corrected chi connectivity index (χ3v) is 7.82. The van der Waals surface area contributed by atoms with Crippen molar-refractivity contribution >= 4 is 10.8 Å². The summed E-state index contributed by atoms with van der Waals surface area (Å²) in [6.45, 7) is 12.0. The van der Waals surface area contributed by atoms with Crippen molar-refractivity contribution in [2.45, 2.75) is 77.2 Å². The van der Waals surface area contributed by atoms with Crippen LogP contribution in [0.3, 0.4) is 0 Å². The summed E-state index contributed by atoms with van der Waals surface area (Å²) in [5.74, 6) is 1.18. The Labute approximate surface area is 122 Å². The van der Waals surface area contributed by atoms with Gasteiger partial charge in [0.15, 0.2) is 0 Å². The molecule has 114 valence electrons. The lowest BCUT2D eigenvalue weighted by molar-refractivity contribution is 0.133. The van der Waals surface area contributed by atoms with Crippen LogP contribution in [0.4, 0.5) is 0 Å². The highest BCUT2D eigenvalue weighted by molar-refractivity contribution is 7.86. The summed E-state index contributed by atoms with van der Waals surface area (Å²) in [6, 6.07) is 0. The van der Waals surface area contributed by atoms with E-state index < -0.39 is 10.8 Å². The Bertz CT molecular complexity index is 303. The molecule has 0 heterocycles. The molecule has 1 rings (SSSR count). The molecule has 1 saturated carbocycles. The first-order valence-corrected chi connectivity index (χ1v) is 9.24. The van der Waals surface area contributed by atoms with Crippen molar-refractivity contribution in [3.05, 3.63) is 0 Å². The zero-order valence-electron chi connectivity index (χ0n) is 13.4. The van der Waals surface area contributed by atoms with E-state index in [1.165, 1.54) is 12.8 Å². The van der Waals surface area contributed by atoms with Crippen LogP contribution >= 0.6 is 0 Å². The lowest BCUT2D eigenvalue weighted by Crippen LogP contribution is -2.43. The summed E-state index contributed by atoms with van der Waals surface area (Å²) < 4.78 is 12.7. The molecule has 0 radical (unpaired) electrons. The highest BCUT2D eigenvalue weighted by Crippen LogP contribution is 2.43. The minimum Gasteiger partial charge on any atom is -0.330 e. The SMILES string of the molecule is CCC(C)S(=O)C1CC(C(C)(C)CC)CCC1CN. The van der Waals surface area contributed by atoms with Gasteiger partial charge in [-0.15, -0.1) is 0 Å². The molecule has 2 N–H and O–H groups in total. The summed E-state index contributed by atoms with van der Waals surface area (Å²) in [4.78, 5) is 0. The van der Waals surface area contributed by atoms with Gasteiger partial charge in [0.2, 0.25) is 0 Å². The second kappa shape index (κ2) is 7.21. The van der Waals surface area contributed by atoms with Gasteiger partial charge >= 0.3 is 0 Å². The molecule has 1 fully saturated rings. The molecule has 2 nitrogen and oxygen atoms in total. The predicted molar refractivity (Wildman–Crippen MR) is 85.6 cm³/mol. The van der Waals surface area contributed by atoms with Crippen molar-refractivity contribution in [3.8, 4) is 0 Å². The maximum atomic E-state index is 12.7. The molecule has 0 spiro atoms. The first kappa shape index (κ1) is 17.2. The van der Waals surface area contributed by atoms with Crippen molar-refractivity contribution < 1.29 is 4.21 Å². The van der Waals surface area contributed by atoms with Gasteiger partial charge in [0.25, 0.3) is 0 Å². The zero-order chi connectivity index (χ0) is 14.6. The summed E-state index contributed by atoms with van der Waals surface area (Å²) in [6.07, 6.45) is 5.74. The van der Waals surface area contributed by atoms with Crippen LogP contribution in [0.15, 0.2) is 0 Å². The van der Waals surface area contributed by atoms with Crippen LogP contribution in [0, 0.1) is 17.3 Å². The zero-order valence-corrected chi connectivity index (χ0v) is 14.3. The van der Waals surface area contributed by atoms with E-state index >= 15 is 0 Å². The Morgan fingerprint density at radius 3 is 2.42 bits per heavy atom. The lowest BCUT2D eigenvalue weighted by atomic mass is 9.67. The Balaban J connectivity index is 2.82. The maximum absolute atomic E-state index is 12.7. The highest BCUT2D eigenvalue weighted by Gasteiger charge is 2.39. The molecule has 5 unspecified atom stereocenters. The molecule has 0 aliphatic heterocycles. The highest BCUT2D eigenvalue weighted by atomic mass is 32.2. The van der Waals surface area contributed by atoms with Crippen molar-refractivity contribution in [1.29, 1.82) is 0 Å². The largest absolute Gasteiger partial charge is 0.330 e. The molecule has 1 aliphatic rings. The van der Waals surface area contributed by atoms with Gasteiger partial charge in [-0.1, -0.05) is 41.0 Å². The Morgan fingerprint density at radius 2 is 1.95 bits per heavy atom. The standard InChI is InChI=1S/C16H33NOS/c1-6-12(3)19(18)15-10-14(16(4,5)7-2)9-8-13(15)11-17/h12-15H,6-11,17H2,1-5H3. The molecule has 19 heavy (non-hydrogen) atoms. The molecule has 0 aromatic carbocycles. The molecule has 0 amide bonds. The topological polar surface area (TPSA) is 43.1 Å². The molecular weight excluding hydrogens is 254 g/mol. The molecule has 1 aliphatic carbocycles. The van der Waals surface area contributed by atoms with Gasteiger partial charge < -0.3 is 5.73 Å². The van der Waals surface area contributed by atoms with Crippen LogP contribution in [0.25, 0.3) is 0 Å². The smallest absolute Gasteiger partial charge is 0.0393 e. The van der Waals surface area contributed by atoms with E-state index in [0.29, 0.717) is 34.3 Å². The van der Waals surface area contributed by atoms with E-state index in [2.05, 4.69) is 34.6 Å². The van der Waals surface area contributed by atoms with Crippen LogP contribution in [0.2, 0.25) is 0 Å². The second-order valence-corrected chi connectivity index (χ2v) is 9.00. The summed E-state index contributed by atoms with van der Waals surface area (Å²) in [7, 11) is -0.719. The summed E-state index contributed by atoms with van der Waals surface area (Å²) in [5.41, 5.74) is 6.30. The van der Waals surface area contributed by atoms with Crippen LogP contribution in [-0.4, -0.2) is 21.3 Å². The van der Waals surface area contributed by atoms with Gasteiger partial charge in [-0.05, 0) is 49.5 Å². The van der Waals surface area contributed by atoms with E-state index in [1.807, 2.05) is 0 Å². The molecule has 5 atom stereocenters. The third kappa shape index (κ3) is 4.04. The van der Waals surface area contributed by atoms with E-state index in [9.17, 15) is 4.21 Å². The van der Waals surface area contributed by atoms with E-state index in [1.54, 1.807) is 0 Å². The first-order chi connectivity index (χ1) is 8.87. The monoisotopic (exact) mass is 287 g/mol. The lowest BCUT2D eigenvalue weighted by Gasteiger charge is -2.43. The van der Waals surface area contributed by atoms with Gasteiger partial charge in [-0.25, -0.2) is 0 Å². The van der Waals surface area contributed by atoms with Crippen molar-refractivity contribution in [2.24, 2.45) is 23.0 Å². The van der Waals surface area contributed by atoms with Crippen LogP contribution in [0.5, 0.6) is 0 Å². The average Bonchev–Trinajstić information content (AvgIpc) is 2.44. The molecule has 0 bridgehead atoms. The molecule has 0 saturated heterocycles. The fourth-order valence-corrected chi connectivity index (χ4v) is 5.18. The summed E-state index contributed by atoms with van der Waals surface area (Å²) >= 11 is 0. The molecule has 0 aromatic heterocycles. The van der Waals surface area contributed by atoms with Gasteiger partial charge in [0, 0.05) is 21.3 Å². The van der Waals surface area contributed by atoms with E-state index in [0.717, 1.165) is 19.3 Å². The Hall–Kier alpha value is 0.110. The van der Waals surface area contributed by atoms with Crippen LogP contribution < -0.4 is 5.73 Å². The van der Waals surface area contributed by atoms with Gasteiger partial charge in [0.1, 0.15) is 0 Å². The van der Waals surface area contributed by atoms with Crippen molar-refractivity contribution in [2.75, 3.05) is 6.54 Å². The fraction of sp³-hybridized carbons (Fsp3) is 1.00. The van der Waals surface area contributed by atoms with Gasteiger partial charge in [0.05, 0.1) is 0 Å². The number of rotatable bonds is 6. The molecule has 0 aromatic rings. The quantitative estimate of drug-likeness (QED) is 0.809. The Morgan fingerprint density at radius 1 is 1.32 bits per heavy atom. The molecule has 3 heteroatoms. The van der Waals surface area contributed by atoms with E-state index in [-0.39, 0.29) is 0 Å². The van der Waals surface area contributed by atoms with Crippen molar-refractivity contribution in [3.63, 3.8) is 0 Å². The first-order valence-electron chi connectivity index (χ1n) is 7.96. The van der Waals surface area contributed by atoms with E-state index in [4.69, 9.17) is 5.73 Å².